The minimum absolute atomic E-state index is 0.204. The highest BCUT2D eigenvalue weighted by molar-refractivity contribution is 9.11. The van der Waals surface area contributed by atoms with E-state index in [-0.39, 0.29) is 18.4 Å². The SMILES string of the molecule is Cc1c(Br)cc(C(C)C)c(OCC(=O)N/N=C\C=C\c2ccc([N+](=O)[O-])o2)c1Br. The first kappa shape index (κ1) is 22.8. The molecule has 154 valence electrons. The number of ether oxygens (including phenoxy) is 1. The number of amides is 1. The fourth-order valence-corrected chi connectivity index (χ4v) is 3.55. The second-order valence-corrected chi connectivity index (χ2v) is 7.91. The van der Waals surface area contributed by atoms with E-state index in [2.05, 4.69) is 42.4 Å². The van der Waals surface area contributed by atoms with Gasteiger partial charge in [-0.2, -0.15) is 5.10 Å². The molecule has 0 atom stereocenters. The first-order valence-electron chi connectivity index (χ1n) is 8.54. The number of allylic oxidation sites excluding steroid dienone is 1. The van der Waals surface area contributed by atoms with Gasteiger partial charge in [0.2, 0.25) is 0 Å². The number of hydrazone groups is 1. The molecule has 0 spiro atoms. The molecular formula is C19H19Br2N3O5. The number of benzene rings is 1. The normalized spacial score (nSPS) is 11.5. The molecule has 0 saturated carbocycles. The summed E-state index contributed by atoms with van der Waals surface area (Å²) in [6, 6.07) is 4.70. The Morgan fingerprint density at radius 3 is 2.76 bits per heavy atom. The summed E-state index contributed by atoms with van der Waals surface area (Å²) in [5.41, 5.74) is 4.30. The first-order chi connectivity index (χ1) is 13.7. The number of carbonyl (C=O) groups is 1. The van der Waals surface area contributed by atoms with Gasteiger partial charge in [0.15, 0.2) is 6.61 Å². The Labute approximate surface area is 184 Å². The van der Waals surface area contributed by atoms with Gasteiger partial charge in [0.1, 0.15) is 16.4 Å². The molecule has 0 saturated heterocycles. The molecule has 1 aromatic heterocycles. The number of rotatable bonds is 8. The summed E-state index contributed by atoms with van der Waals surface area (Å²) in [6.45, 7) is 5.82. The van der Waals surface area contributed by atoms with Gasteiger partial charge in [-0.3, -0.25) is 14.9 Å². The third-order valence-electron chi connectivity index (χ3n) is 3.80. The molecular weight excluding hydrogens is 510 g/mol. The van der Waals surface area contributed by atoms with E-state index in [0.717, 1.165) is 20.1 Å². The van der Waals surface area contributed by atoms with Gasteiger partial charge < -0.3 is 9.15 Å². The fourth-order valence-electron chi connectivity index (χ4n) is 2.28. The maximum Gasteiger partial charge on any atom is 0.433 e. The highest BCUT2D eigenvalue weighted by Gasteiger charge is 2.17. The van der Waals surface area contributed by atoms with Gasteiger partial charge >= 0.3 is 5.88 Å². The molecule has 1 aromatic carbocycles. The lowest BCUT2D eigenvalue weighted by atomic mass is 10.0. The van der Waals surface area contributed by atoms with Crippen molar-refractivity contribution in [1.29, 1.82) is 0 Å². The minimum Gasteiger partial charge on any atom is -0.482 e. The van der Waals surface area contributed by atoms with Crippen LogP contribution in [0.4, 0.5) is 5.88 Å². The van der Waals surface area contributed by atoms with E-state index < -0.39 is 10.8 Å². The second-order valence-electron chi connectivity index (χ2n) is 6.26. The summed E-state index contributed by atoms with van der Waals surface area (Å²) in [4.78, 5) is 21.9. The van der Waals surface area contributed by atoms with Crippen LogP contribution < -0.4 is 10.2 Å². The summed E-state index contributed by atoms with van der Waals surface area (Å²) in [6.07, 6.45) is 4.29. The van der Waals surface area contributed by atoms with Crippen LogP contribution >= 0.6 is 31.9 Å². The molecule has 0 aliphatic heterocycles. The molecule has 2 aromatic rings. The van der Waals surface area contributed by atoms with Crippen LogP contribution in [0.5, 0.6) is 5.75 Å². The third-order valence-corrected chi connectivity index (χ3v) is 5.58. The number of nitrogens with zero attached hydrogens (tertiary/aromatic N) is 2. The van der Waals surface area contributed by atoms with Crippen LogP contribution in [0.25, 0.3) is 6.08 Å². The zero-order valence-corrected chi connectivity index (χ0v) is 19.1. The molecule has 29 heavy (non-hydrogen) atoms. The van der Waals surface area contributed by atoms with Crippen molar-refractivity contribution in [2.24, 2.45) is 5.10 Å². The van der Waals surface area contributed by atoms with Crippen LogP contribution in [0, 0.1) is 17.0 Å². The Morgan fingerprint density at radius 1 is 1.41 bits per heavy atom. The molecule has 1 N–H and O–H groups in total. The summed E-state index contributed by atoms with van der Waals surface area (Å²) in [7, 11) is 0. The molecule has 0 aliphatic rings. The van der Waals surface area contributed by atoms with Gasteiger partial charge in [-0.1, -0.05) is 29.8 Å². The molecule has 1 amide bonds. The summed E-state index contributed by atoms with van der Waals surface area (Å²) in [5, 5.41) is 14.3. The van der Waals surface area contributed by atoms with Crippen LogP contribution in [0.15, 0.2) is 42.7 Å². The van der Waals surface area contributed by atoms with Crippen molar-refractivity contribution in [3.05, 3.63) is 60.2 Å². The predicted molar refractivity (Wildman–Crippen MR) is 117 cm³/mol. The number of carbonyl (C=O) groups excluding carboxylic acids is 1. The van der Waals surface area contributed by atoms with Crippen LogP contribution in [0.1, 0.15) is 36.7 Å². The van der Waals surface area contributed by atoms with Crippen molar-refractivity contribution < 1.29 is 18.9 Å². The quantitative estimate of drug-likeness (QED) is 0.283. The van der Waals surface area contributed by atoms with Crippen LogP contribution in [-0.4, -0.2) is 23.7 Å². The number of halogens is 2. The largest absolute Gasteiger partial charge is 0.482 e. The molecule has 0 bridgehead atoms. The Bertz CT molecular complexity index is 967. The zero-order chi connectivity index (χ0) is 21.6. The molecule has 0 unspecified atom stereocenters. The monoisotopic (exact) mass is 527 g/mol. The molecule has 8 nitrogen and oxygen atoms in total. The van der Waals surface area contributed by atoms with E-state index in [1.807, 2.05) is 26.8 Å². The number of hydrogen-bond donors (Lipinski definition) is 1. The lowest BCUT2D eigenvalue weighted by Gasteiger charge is -2.18. The van der Waals surface area contributed by atoms with E-state index in [1.54, 1.807) is 0 Å². The summed E-state index contributed by atoms with van der Waals surface area (Å²) in [5.74, 6) is 0.364. The van der Waals surface area contributed by atoms with Crippen molar-refractivity contribution in [3.8, 4) is 5.75 Å². The standard InChI is InChI=1S/C19H19Br2N3O5/c1-11(2)14-9-15(20)12(3)18(21)19(14)28-10-16(25)23-22-8-4-5-13-6-7-17(29-13)24(26)27/h4-9,11H,10H2,1-3H3,(H,23,25)/b5-4+,22-8-. The van der Waals surface area contributed by atoms with E-state index in [4.69, 9.17) is 9.15 Å². The number of nitro groups is 1. The van der Waals surface area contributed by atoms with Crippen molar-refractivity contribution in [3.63, 3.8) is 0 Å². The van der Waals surface area contributed by atoms with Crippen LogP contribution in [-0.2, 0) is 4.79 Å². The highest BCUT2D eigenvalue weighted by atomic mass is 79.9. The van der Waals surface area contributed by atoms with Crippen molar-refractivity contribution in [2.45, 2.75) is 26.7 Å². The maximum absolute atomic E-state index is 12.0. The molecule has 0 radical (unpaired) electrons. The minimum atomic E-state index is -0.623. The van der Waals surface area contributed by atoms with E-state index in [9.17, 15) is 14.9 Å². The molecule has 0 fully saturated rings. The number of furan rings is 1. The van der Waals surface area contributed by atoms with Gasteiger partial charge in [0, 0.05) is 10.7 Å². The lowest BCUT2D eigenvalue weighted by Crippen LogP contribution is -2.25. The van der Waals surface area contributed by atoms with Crippen molar-refractivity contribution >= 4 is 55.9 Å². The zero-order valence-electron chi connectivity index (χ0n) is 15.9. The average molecular weight is 529 g/mol. The maximum atomic E-state index is 12.0. The Morgan fingerprint density at radius 2 is 2.14 bits per heavy atom. The third kappa shape index (κ3) is 6.26. The molecule has 0 aliphatic carbocycles. The van der Waals surface area contributed by atoms with Gasteiger partial charge in [-0.15, -0.1) is 0 Å². The molecule has 1 heterocycles. The topological polar surface area (TPSA) is 107 Å². The molecule has 10 heteroatoms. The average Bonchev–Trinajstić information content (AvgIpc) is 3.14. The lowest BCUT2D eigenvalue weighted by molar-refractivity contribution is -0.402. The van der Waals surface area contributed by atoms with Crippen LogP contribution in [0.2, 0.25) is 0 Å². The van der Waals surface area contributed by atoms with Gasteiger partial charge in [-0.05, 0) is 64.2 Å². The fraction of sp³-hybridized carbons (Fsp3) is 0.263. The summed E-state index contributed by atoms with van der Waals surface area (Å²) < 4.78 is 12.4. The smallest absolute Gasteiger partial charge is 0.433 e. The number of nitrogens with one attached hydrogen (secondary N) is 1. The van der Waals surface area contributed by atoms with E-state index >= 15 is 0 Å². The van der Waals surface area contributed by atoms with E-state index in [1.165, 1.54) is 30.5 Å². The highest BCUT2D eigenvalue weighted by Crippen LogP contribution is 2.40. The number of hydrogen-bond acceptors (Lipinski definition) is 6. The predicted octanol–water partition coefficient (Wildman–Crippen LogP) is 5.34. The first-order valence-corrected chi connectivity index (χ1v) is 10.1. The summed E-state index contributed by atoms with van der Waals surface area (Å²) >= 11 is 7.05. The second kappa shape index (κ2) is 10.4. The van der Waals surface area contributed by atoms with Crippen LogP contribution in [0.3, 0.4) is 0 Å². The van der Waals surface area contributed by atoms with Gasteiger partial charge in [0.05, 0.1) is 10.5 Å². The Hall–Kier alpha value is -2.46. The van der Waals surface area contributed by atoms with Crippen molar-refractivity contribution in [1.82, 2.24) is 5.43 Å². The van der Waals surface area contributed by atoms with Crippen molar-refractivity contribution in [2.75, 3.05) is 6.61 Å². The Balaban J connectivity index is 1.91. The molecule has 2 rings (SSSR count). The Kier molecular flexibility index (Phi) is 8.15. The van der Waals surface area contributed by atoms with Gasteiger partial charge in [-0.25, -0.2) is 5.43 Å². The van der Waals surface area contributed by atoms with E-state index in [0.29, 0.717) is 11.5 Å². The van der Waals surface area contributed by atoms with Gasteiger partial charge in [0.25, 0.3) is 5.91 Å².